The van der Waals surface area contributed by atoms with Crippen molar-refractivity contribution >= 4 is 23.5 Å². The van der Waals surface area contributed by atoms with Crippen molar-refractivity contribution in [2.45, 2.75) is 0 Å². The first-order valence-corrected chi connectivity index (χ1v) is 4.53. The van der Waals surface area contributed by atoms with E-state index in [4.69, 9.17) is 0 Å². The smallest absolute Gasteiger partial charge is 0.665 e. The average Bonchev–Trinajstić information content (AvgIpc) is 2.29. The minimum absolute atomic E-state index is 0. The first-order valence-electron chi connectivity index (χ1n) is 4.53. The summed E-state index contributed by atoms with van der Waals surface area (Å²) in [7, 11) is 0. The summed E-state index contributed by atoms with van der Waals surface area (Å²) in [5.74, 6) is 0. The number of nitrogens with zero attached hydrogens (tertiary/aromatic N) is 2. The van der Waals surface area contributed by atoms with Crippen LogP contribution in [0, 0.1) is 0 Å². The van der Waals surface area contributed by atoms with Crippen molar-refractivity contribution in [1.29, 1.82) is 0 Å². The van der Waals surface area contributed by atoms with Gasteiger partial charge in [0, 0.05) is 0 Å². The van der Waals surface area contributed by atoms with E-state index in [0.717, 1.165) is 21.8 Å². The molecule has 2 aliphatic rings. The molecule has 0 bridgehead atoms. The van der Waals surface area contributed by atoms with Gasteiger partial charge < -0.3 is 10.6 Å². The van der Waals surface area contributed by atoms with Gasteiger partial charge in [0.1, 0.15) is 0 Å². The molecule has 0 saturated heterocycles. The summed E-state index contributed by atoms with van der Waals surface area (Å²) < 4.78 is 0. The van der Waals surface area contributed by atoms with Gasteiger partial charge >= 0.3 is 20.4 Å². The van der Waals surface area contributed by atoms with Gasteiger partial charge in [0.15, 0.2) is 0 Å². The van der Waals surface area contributed by atoms with Crippen molar-refractivity contribution in [2.75, 3.05) is 0 Å². The molecule has 2 heterocycles. The third kappa shape index (κ3) is 1.65. The molecule has 0 spiro atoms. The third-order valence-corrected chi connectivity index (χ3v) is 2.34. The molecule has 0 N–H and O–H groups in total. The normalized spacial score (nSPS) is 14.4. The molecule has 76 valence electrons. The van der Waals surface area contributed by atoms with E-state index in [1.165, 1.54) is 0 Å². The van der Waals surface area contributed by atoms with Gasteiger partial charge in [0.25, 0.3) is 0 Å². The zero-order chi connectivity index (χ0) is 9.38. The van der Waals surface area contributed by atoms with Crippen LogP contribution in [-0.2, 0) is 20.4 Å². The van der Waals surface area contributed by atoms with Crippen LogP contribution in [0.2, 0.25) is 0 Å². The van der Waals surface area contributed by atoms with Gasteiger partial charge in [0.05, 0.1) is 0 Å². The van der Waals surface area contributed by atoms with E-state index < -0.39 is 0 Å². The molecule has 0 amide bonds. The van der Waals surface area contributed by atoms with E-state index >= 15 is 0 Å². The van der Waals surface area contributed by atoms with Crippen LogP contribution < -0.4 is 10.4 Å². The fraction of sp³-hybridized carbons (Fsp3) is 0. The van der Waals surface area contributed by atoms with Crippen LogP contribution >= 0.6 is 0 Å². The van der Waals surface area contributed by atoms with Gasteiger partial charge in [0.2, 0.25) is 0 Å². The standard InChI is InChI=1S/C12H8N2.Pd/c1-3-9-5-6-10-4-2-8-14-12(10)11(9)13-7-1;/h1-8H;/q-2;+2. The SMILES string of the molecule is C1=C[N-]c2c3c(ccc2=C1)=CC=C[N-]3.[Pd+2]. The Bertz CT molecular complexity index is 505. The molecule has 0 saturated carbocycles. The van der Waals surface area contributed by atoms with Crippen molar-refractivity contribution in [3.63, 3.8) is 0 Å². The van der Waals surface area contributed by atoms with Gasteiger partial charge in [-0.3, -0.25) is 0 Å². The van der Waals surface area contributed by atoms with E-state index in [9.17, 15) is 0 Å². The van der Waals surface area contributed by atoms with Gasteiger partial charge in [-0.1, -0.05) is 36.4 Å². The molecule has 0 atom stereocenters. The van der Waals surface area contributed by atoms with Crippen LogP contribution in [0.25, 0.3) is 22.8 Å². The van der Waals surface area contributed by atoms with Gasteiger partial charge in [-0.05, 0) is 10.4 Å². The maximum absolute atomic E-state index is 4.35. The quantitative estimate of drug-likeness (QED) is 0.655. The van der Waals surface area contributed by atoms with Crippen molar-refractivity contribution < 1.29 is 20.4 Å². The number of rotatable bonds is 0. The Kier molecular flexibility index (Phi) is 2.77. The zero-order valence-corrected chi connectivity index (χ0v) is 9.38. The Balaban J connectivity index is 0.000000853. The molecule has 1 aromatic carbocycles. The predicted molar refractivity (Wildman–Crippen MR) is 58.9 cm³/mol. The average molecular weight is 287 g/mol. The van der Waals surface area contributed by atoms with Gasteiger partial charge in [-0.25, -0.2) is 0 Å². The van der Waals surface area contributed by atoms with Crippen LogP contribution in [0.5, 0.6) is 0 Å². The first kappa shape index (κ1) is 10.2. The molecular weight excluding hydrogens is 279 g/mol. The van der Waals surface area contributed by atoms with Crippen molar-refractivity contribution in [2.24, 2.45) is 0 Å². The number of benzene rings is 1. The van der Waals surface area contributed by atoms with Crippen molar-refractivity contribution in [1.82, 2.24) is 0 Å². The number of hydrogen-bond donors (Lipinski definition) is 0. The molecule has 0 radical (unpaired) electrons. The Morgan fingerprint density at radius 1 is 0.733 bits per heavy atom. The topological polar surface area (TPSA) is 28.2 Å². The second-order valence-corrected chi connectivity index (χ2v) is 3.22. The molecule has 3 heteroatoms. The minimum atomic E-state index is 0. The Morgan fingerprint density at radius 2 is 1.20 bits per heavy atom. The van der Waals surface area contributed by atoms with Crippen molar-refractivity contribution in [3.8, 4) is 0 Å². The maximum Gasteiger partial charge on any atom is 2.00 e. The molecule has 2 nitrogen and oxygen atoms in total. The molecule has 0 aromatic heterocycles. The van der Waals surface area contributed by atoms with Crippen molar-refractivity contribution in [3.05, 3.63) is 57.8 Å². The summed E-state index contributed by atoms with van der Waals surface area (Å²) in [5, 5.41) is 11.0. The summed E-state index contributed by atoms with van der Waals surface area (Å²) in [6, 6.07) is 4.15. The molecule has 15 heavy (non-hydrogen) atoms. The molecule has 0 fully saturated rings. The largest absolute Gasteiger partial charge is 2.00 e. The Morgan fingerprint density at radius 3 is 1.67 bits per heavy atom. The Hall–Kier alpha value is -1.30. The third-order valence-electron chi connectivity index (χ3n) is 2.34. The number of allylic oxidation sites excluding steroid dienone is 2. The van der Waals surface area contributed by atoms with Crippen LogP contribution in [0.3, 0.4) is 0 Å². The summed E-state index contributed by atoms with van der Waals surface area (Å²) in [6.07, 6.45) is 11.6. The fourth-order valence-corrected chi connectivity index (χ4v) is 1.68. The van der Waals surface area contributed by atoms with E-state index in [-0.39, 0.29) is 20.4 Å². The van der Waals surface area contributed by atoms with E-state index in [1.807, 2.05) is 12.2 Å². The van der Waals surface area contributed by atoms with Gasteiger partial charge in [-0.2, -0.15) is 12.4 Å². The molecule has 1 aromatic rings. The number of hydrogen-bond acceptors (Lipinski definition) is 0. The summed E-state index contributed by atoms with van der Waals surface area (Å²) in [6.45, 7) is 0. The van der Waals surface area contributed by atoms with Crippen LogP contribution in [-0.4, -0.2) is 0 Å². The van der Waals surface area contributed by atoms with Crippen LogP contribution in [0.1, 0.15) is 0 Å². The maximum atomic E-state index is 4.35. The summed E-state index contributed by atoms with van der Waals surface area (Å²) in [4.78, 5) is 0. The first-order chi connectivity index (χ1) is 6.95. The van der Waals surface area contributed by atoms with E-state index in [0.29, 0.717) is 0 Å². The molecule has 0 aliphatic carbocycles. The minimum Gasteiger partial charge on any atom is -0.665 e. The molecular formula is C12H8N2Pd. The predicted octanol–water partition coefficient (Wildman–Crippen LogP) is 2.31. The van der Waals surface area contributed by atoms with Crippen LogP contribution in [0.4, 0.5) is 11.4 Å². The van der Waals surface area contributed by atoms with E-state index in [1.54, 1.807) is 12.4 Å². The zero-order valence-electron chi connectivity index (χ0n) is 7.83. The second kappa shape index (κ2) is 4.06. The molecule has 3 rings (SSSR count). The molecule has 2 aliphatic heterocycles. The molecule has 0 unspecified atom stereocenters. The Labute approximate surface area is 102 Å². The van der Waals surface area contributed by atoms with Crippen LogP contribution in [0.15, 0.2) is 36.7 Å². The van der Waals surface area contributed by atoms with E-state index in [2.05, 4.69) is 34.9 Å². The monoisotopic (exact) mass is 286 g/mol. The number of fused-ring (bicyclic) bond motifs is 3. The summed E-state index contributed by atoms with van der Waals surface area (Å²) >= 11 is 0. The fourth-order valence-electron chi connectivity index (χ4n) is 1.68. The second-order valence-electron chi connectivity index (χ2n) is 3.22. The summed E-state index contributed by atoms with van der Waals surface area (Å²) in [5.41, 5.74) is 1.95. The van der Waals surface area contributed by atoms with Gasteiger partial charge in [-0.15, -0.1) is 11.4 Å².